The molecule has 0 unspecified atom stereocenters. The number of carbonyl (C=O) groups is 1. The van der Waals surface area contributed by atoms with E-state index in [-0.39, 0.29) is 11.4 Å². The van der Waals surface area contributed by atoms with E-state index in [2.05, 4.69) is 0 Å². The van der Waals surface area contributed by atoms with Gasteiger partial charge in [-0.1, -0.05) is 67.6 Å². The molecule has 22 heavy (non-hydrogen) atoms. The van der Waals surface area contributed by atoms with Gasteiger partial charge in [-0.3, -0.25) is 4.79 Å². The van der Waals surface area contributed by atoms with Gasteiger partial charge in [-0.15, -0.1) is 0 Å². The predicted octanol–water partition coefficient (Wildman–Crippen LogP) is 2.71. The molecule has 0 bridgehead atoms. The smallest absolute Gasteiger partial charge is 0.320 e. The van der Waals surface area contributed by atoms with E-state index >= 15 is 0 Å². The zero-order valence-electron chi connectivity index (χ0n) is 12.4. The van der Waals surface area contributed by atoms with Crippen molar-refractivity contribution in [2.45, 2.75) is 18.5 Å². The van der Waals surface area contributed by atoms with Gasteiger partial charge in [-0.25, -0.2) is 0 Å². The Balaban J connectivity index is 2.00. The van der Waals surface area contributed by atoms with E-state index in [1.807, 2.05) is 67.6 Å². The van der Waals surface area contributed by atoms with E-state index in [4.69, 9.17) is 4.74 Å². The van der Waals surface area contributed by atoms with E-state index < -0.39 is 12.3 Å². The number of cyclic esters (lactones) is 1. The van der Waals surface area contributed by atoms with Gasteiger partial charge in [0.25, 0.3) is 0 Å². The molecule has 1 saturated carbocycles. The van der Waals surface area contributed by atoms with Crippen LogP contribution in [-0.4, -0.2) is 17.7 Å². The summed E-state index contributed by atoms with van der Waals surface area (Å²) in [5.74, 6) is -0.300. The first kappa shape index (κ1) is 13.8. The monoisotopic (exact) mass is 312 g/mol. The summed E-state index contributed by atoms with van der Waals surface area (Å²) < 4.78 is 19.6. The number of benzene rings is 2. The van der Waals surface area contributed by atoms with Crippen LogP contribution in [0.1, 0.15) is 13.3 Å². The SMILES string of the molecule is C[C@@]12COC(=O)[C@]1(P(=O)(c1ccccc1)c1ccccc1)C2. The fourth-order valence-electron chi connectivity index (χ4n) is 3.84. The van der Waals surface area contributed by atoms with Crippen LogP contribution >= 0.6 is 7.14 Å². The molecule has 2 aliphatic rings. The zero-order chi connectivity index (χ0) is 15.4. The highest BCUT2D eigenvalue weighted by molar-refractivity contribution is 7.81. The third-order valence-corrected chi connectivity index (χ3v) is 9.16. The number of hydrogen-bond acceptors (Lipinski definition) is 3. The summed E-state index contributed by atoms with van der Waals surface area (Å²) in [6.45, 7) is 2.38. The van der Waals surface area contributed by atoms with Gasteiger partial charge in [0.1, 0.15) is 5.16 Å². The first-order valence-electron chi connectivity index (χ1n) is 7.43. The summed E-state index contributed by atoms with van der Waals surface area (Å²) in [4.78, 5) is 12.5. The molecule has 4 rings (SSSR count). The van der Waals surface area contributed by atoms with Crippen LogP contribution in [0.5, 0.6) is 0 Å². The number of hydrogen-bond donors (Lipinski definition) is 0. The highest BCUT2D eigenvalue weighted by atomic mass is 31.2. The number of rotatable bonds is 3. The third kappa shape index (κ3) is 1.47. The summed E-state index contributed by atoms with van der Waals surface area (Å²) in [7, 11) is -3.11. The van der Waals surface area contributed by atoms with Gasteiger partial charge < -0.3 is 9.30 Å². The van der Waals surface area contributed by atoms with Gasteiger partial charge in [0, 0.05) is 16.0 Å². The molecule has 2 aromatic carbocycles. The second-order valence-corrected chi connectivity index (χ2v) is 9.47. The highest BCUT2D eigenvalue weighted by Crippen LogP contribution is 2.80. The van der Waals surface area contributed by atoms with Crippen molar-refractivity contribution < 1.29 is 14.1 Å². The largest absolute Gasteiger partial charge is 0.464 e. The Hall–Kier alpha value is -1.86. The Morgan fingerprint density at radius 3 is 1.82 bits per heavy atom. The van der Waals surface area contributed by atoms with Crippen molar-refractivity contribution in [2.24, 2.45) is 5.41 Å². The molecule has 0 N–H and O–H groups in total. The van der Waals surface area contributed by atoms with E-state index in [9.17, 15) is 9.36 Å². The molecule has 2 aromatic rings. The average Bonchev–Trinajstić information content (AvgIpc) is 3.13. The predicted molar refractivity (Wildman–Crippen MR) is 86.2 cm³/mol. The minimum atomic E-state index is -3.11. The van der Waals surface area contributed by atoms with E-state index in [1.165, 1.54) is 0 Å². The second-order valence-electron chi connectivity index (χ2n) is 6.45. The molecule has 2 atom stereocenters. The molecule has 2 fully saturated rings. The van der Waals surface area contributed by atoms with Crippen LogP contribution in [0.2, 0.25) is 0 Å². The molecule has 0 amide bonds. The van der Waals surface area contributed by atoms with Crippen molar-refractivity contribution >= 4 is 23.7 Å². The molecule has 3 nitrogen and oxygen atoms in total. The lowest BCUT2D eigenvalue weighted by Gasteiger charge is -2.26. The van der Waals surface area contributed by atoms with Crippen molar-refractivity contribution in [3.8, 4) is 0 Å². The number of ether oxygens (including phenoxy) is 1. The van der Waals surface area contributed by atoms with Crippen molar-refractivity contribution in [3.63, 3.8) is 0 Å². The van der Waals surface area contributed by atoms with Crippen molar-refractivity contribution in [1.82, 2.24) is 0 Å². The molecule has 1 heterocycles. The first-order valence-corrected chi connectivity index (χ1v) is 9.14. The van der Waals surface area contributed by atoms with Crippen LogP contribution in [0.3, 0.4) is 0 Å². The molecule has 1 aliphatic carbocycles. The Kier molecular flexibility index (Phi) is 2.71. The van der Waals surface area contributed by atoms with Gasteiger partial charge >= 0.3 is 5.97 Å². The maximum absolute atomic E-state index is 14.3. The third-order valence-electron chi connectivity index (χ3n) is 5.16. The molecular formula is C18H17O3P. The Bertz CT molecular complexity index is 743. The molecule has 0 spiro atoms. The lowest BCUT2D eigenvalue weighted by Crippen LogP contribution is -2.34. The molecule has 0 radical (unpaired) electrons. The summed E-state index contributed by atoms with van der Waals surface area (Å²) in [5.41, 5.74) is -0.314. The first-order chi connectivity index (χ1) is 10.5. The second kappa shape index (κ2) is 4.33. The van der Waals surface area contributed by atoms with Crippen LogP contribution in [0.15, 0.2) is 60.7 Å². The summed E-state index contributed by atoms with van der Waals surface area (Å²) in [6, 6.07) is 18.8. The van der Waals surface area contributed by atoms with E-state index in [0.29, 0.717) is 13.0 Å². The fraction of sp³-hybridized carbons (Fsp3) is 0.278. The molecule has 1 saturated heterocycles. The number of carbonyl (C=O) groups excluding carboxylic acids is 1. The minimum absolute atomic E-state index is 0.300. The van der Waals surface area contributed by atoms with Crippen LogP contribution in [0.25, 0.3) is 0 Å². The Morgan fingerprint density at radius 2 is 1.45 bits per heavy atom. The quantitative estimate of drug-likeness (QED) is 0.646. The highest BCUT2D eigenvalue weighted by Gasteiger charge is 2.82. The summed E-state index contributed by atoms with van der Waals surface area (Å²) in [6.07, 6.45) is 0.639. The molecule has 4 heteroatoms. The average molecular weight is 312 g/mol. The lowest BCUT2D eigenvalue weighted by molar-refractivity contribution is -0.140. The van der Waals surface area contributed by atoms with Gasteiger partial charge in [0.15, 0.2) is 7.14 Å². The van der Waals surface area contributed by atoms with Gasteiger partial charge in [-0.2, -0.15) is 0 Å². The van der Waals surface area contributed by atoms with E-state index in [0.717, 1.165) is 10.6 Å². The molecule has 0 aromatic heterocycles. The topological polar surface area (TPSA) is 43.4 Å². The van der Waals surface area contributed by atoms with Crippen LogP contribution in [0.4, 0.5) is 0 Å². The summed E-state index contributed by atoms with van der Waals surface area (Å²) in [5, 5.41) is 0.593. The lowest BCUT2D eigenvalue weighted by atomic mass is 10.1. The van der Waals surface area contributed by atoms with Crippen molar-refractivity contribution in [2.75, 3.05) is 6.61 Å². The zero-order valence-corrected chi connectivity index (χ0v) is 13.3. The number of fused-ring (bicyclic) bond motifs is 1. The molecule has 1 aliphatic heterocycles. The Labute approximate surface area is 129 Å². The summed E-state index contributed by atoms with van der Waals surface area (Å²) >= 11 is 0. The minimum Gasteiger partial charge on any atom is -0.464 e. The van der Waals surface area contributed by atoms with Crippen LogP contribution in [-0.2, 0) is 14.1 Å². The van der Waals surface area contributed by atoms with E-state index in [1.54, 1.807) is 0 Å². The normalized spacial score (nSPS) is 29.8. The standard InChI is InChI=1S/C18H17O3P/c1-17-12-18(17,16(19)21-13-17)22(20,14-8-4-2-5-9-14)15-10-6-3-7-11-15/h2-11H,12-13H2,1H3/t17-,18-/m1/s1. The Morgan fingerprint density at radius 1 is 0.955 bits per heavy atom. The maximum Gasteiger partial charge on any atom is 0.320 e. The van der Waals surface area contributed by atoms with Gasteiger partial charge in [0.2, 0.25) is 0 Å². The van der Waals surface area contributed by atoms with Crippen molar-refractivity contribution in [3.05, 3.63) is 60.7 Å². The molecular weight excluding hydrogens is 295 g/mol. The van der Waals surface area contributed by atoms with Crippen LogP contribution < -0.4 is 10.6 Å². The maximum atomic E-state index is 14.3. The van der Waals surface area contributed by atoms with Gasteiger partial charge in [-0.05, 0) is 6.42 Å². The fourth-order valence-corrected chi connectivity index (χ4v) is 7.92. The van der Waals surface area contributed by atoms with Crippen molar-refractivity contribution in [1.29, 1.82) is 0 Å². The molecule has 112 valence electrons. The number of esters is 1. The van der Waals surface area contributed by atoms with Gasteiger partial charge in [0.05, 0.1) is 6.61 Å². The van der Waals surface area contributed by atoms with Crippen LogP contribution in [0, 0.1) is 5.41 Å².